The highest BCUT2D eigenvalue weighted by molar-refractivity contribution is 5.94. The van der Waals surface area contributed by atoms with Crippen LogP contribution in [0, 0.1) is 11.3 Å². The molecule has 2 saturated heterocycles. The minimum atomic E-state index is -0.696. The zero-order valence-corrected chi connectivity index (χ0v) is 22.6. The first-order valence-corrected chi connectivity index (χ1v) is 14.0. The van der Waals surface area contributed by atoms with E-state index in [2.05, 4.69) is 28.1 Å². The van der Waals surface area contributed by atoms with E-state index in [9.17, 15) is 14.4 Å². The molecule has 2 heterocycles. The molecule has 3 amide bonds. The number of fused-ring (bicyclic) bond motifs is 3. The van der Waals surface area contributed by atoms with E-state index in [1.165, 1.54) is 11.1 Å². The van der Waals surface area contributed by atoms with Gasteiger partial charge in [0.1, 0.15) is 18.3 Å². The lowest BCUT2D eigenvalue weighted by molar-refractivity contribution is -0.152. The van der Waals surface area contributed by atoms with Gasteiger partial charge in [0.05, 0.1) is 18.2 Å². The lowest BCUT2D eigenvalue weighted by Gasteiger charge is -2.37. The number of aryl methyl sites for hydroxylation is 1. The van der Waals surface area contributed by atoms with E-state index in [-0.39, 0.29) is 35.8 Å². The number of hydrogen-bond donors (Lipinski definition) is 3. The molecule has 1 aromatic rings. The van der Waals surface area contributed by atoms with E-state index in [1.54, 1.807) is 18.9 Å². The van der Waals surface area contributed by atoms with Crippen LogP contribution in [0.25, 0.3) is 0 Å². The van der Waals surface area contributed by atoms with Gasteiger partial charge in [-0.25, -0.2) is 0 Å². The van der Waals surface area contributed by atoms with Crippen molar-refractivity contribution in [1.29, 1.82) is 0 Å². The SMILES string of the molecule is CN[C@@H](C)C(=O)N[C@@H]1C(=O)N2C(CC(C)(C)[C@H]2C(=O)N[C@@H]2CCCc3ccccc32)OC2CCCCC21. The standard InChI is InChI=1S/C29H42N4O4/c1-17(30-4)26(34)32-24-20-13-7-8-15-22(20)37-23-16-29(2,3)25(33(23)28(24)36)27(35)31-21-14-9-11-18-10-5-6-12-19(18)21/h5-6,10,12,17,20-25,30H,7-9,11,13-16H2,1-4H3,(H,31,35)(H,32,34)/t17-,20?,21+,22?,23?,24-,25+/m0/s1. The molecule has 0 bridgehead atoms. The summed E-state index contributed by atoms with van der Waals surface area (Å²) >= 11 is 0. The topological polar surface area (TPSA) is 99.8 Å². The molecule has 8 nitrogen and oxygen atoms in total. The van der Waals surface area contributed by atoms with Crippen LogP contribution in [-0.4, -0.2) is 60.1 Å². The van der Waals surface area contributed by atoms with Crippen LogP contribution in [-0.2, 0) is 25.5 Å². The van der Waals surface area contributed by atoms with E-state index in [0.717, 1.165) is 44.9 Å². The Morgan fingerprint density at radius 3 is 2.62 bits per heavy atom. The molecule has 7 atom stereocenters. The molecule has 2 aliphatic carbocycles. The van der Waals surface area contributed by atoms with Gasteiger partial charge in [0.25, 0.3) is 0 Å². The van der Waals surface area contributed by atoms with Crippen LogP contribution in [0.3, 0.4) is 0 Å². The van der Waals surface area contributed by atoms with E-state index in [4.69, 9.17) is 4.74 Å². The lowest BCUT2D eigenvalue weighted by atomic mass is 9.79. The third kappa shape index (κ3) is 4.90. The van der Waals surface area contributed by atoms with Crippen molar-refractivity contribution < 1.29 is 19.1 Å². The molecule has 0 spiro atoms. The summed E-state index contributed by atoms with van der Waals surface area (Å²) in [7, 11) is 1.73. The normalized spacial score (nSPS) is 33.4. The molecule has 4 aliphatic rings. The third-order valence-electron chi connectivity index (χ3n) is 9.12. The highest BCUT2D eigenvalue weighted by Crippen LogP contribution is 2.46. The Kier molecular flexibility index (Phi) is 7.33. The number of carbonyl (C=O) groups is 3. The van der Waals surface area contributed by atoms with Crippen molar-refractivity contribution in [3.05, 3.63) is 35.4 Å². The van der Waals surface area contributed by atoms with Gasteiger partial charge in [-0.3, -0.25) is 14.4 Å². The van der Waals surface area contributed by atoms with Gasteiger partial charge in [-0.2, -0.15) is 0 Å². The minimum absolute atomic E-state index is 0.0649. The molecule has 202 valence electrons. The van der Waals surface area contributed by atoms with Crippen molar-refractivity contribution in [2.75, 3.05) is 7.05 Å². The van der Waals surface area contributed by atoms with Gasteiger partial charge in [-0.1, -0.05) is 51.0 Å². The molecule has 5 rings (SSSR count). The number of amides is 3. The summed E-state index contributed by atoms with van der Waals surface area (Å²) in [6.45, 7) is 5.88. The summed E-state index contributed by atoms with van der Waals surface area (Å²) in [4.78, 5) is 42.8. The Balaban J connectivity index is 1.44. The highest BCUT2D eigenvalue weighted by Gasteiger charge is 2.58. The zero-order chi connectivity index (χ0) is 26.3. The van der Waals surface area contributed by atoms with Gasteiger partial charge < -0.3 is 25.6 Å². The largest absolute Gasteiger partial charge is 0.355 e. The number of carbonyl (C=O) groups excluding carboxylic acids is 3. The maximum absolute atomic E-state index is 14.3. The monoisotopic (exact) mass is 510 g/mol. The fraction of sp³-hybridized carbons (Fsp3) is 0.690. The van der Waals surface area contributed by atoms with Gasteiger partial charge in [0, 0.05) is 12.3 Å². The Labute approximate surface area is 220 Å². The van der Waals surface area contributed by atoms with Gasteiger partial charge in [-0.05, 0) is 62.6 Å². The molecule has 0 radical (unpaired) electrons. The lowest BCUT2D eigenvalue weighted by Crippen LogP contribution is -2.60. The summed E-state index contributed by atoms with van der Waals surface area (Å²) < 4.78 is 6.63. The highest BCUT2D eigenvalue weighted by atomic mass is 16.5. The van der Waals surface area contributed by atoms with Gasteiger partial charge in [0.2, 0.25) is 17.7 Å². The zero-order valence-electron chi connectivity index (χ0n) is 22.6. The number of nitrogens with one attached hydrogen (secondary N) is 3. The van der Waals surface area contributed by atoms with Crippen LogP contribution < -0.4 is 16.0 Å². The van der Waals surface area contributed by atoms with Crippen molar-refractivity contribution >= 4 is 17.7 Å². The first kappa shape index (κ1) is 26.2. The second-order valence-electron chi connectivity index (χ2n) is 12.1. The molecule has 2 aliphatic heterocycles. The number of benzene rings is 1. The van der Waals surface area contributed by atoms with E-state index < -0.39 is 29.8 Å². The van der Waals surface area contributed by atoms with Crippen molar-refractivity contribution in [2.45, 2.75) is 109 Å². The Morgan fingerprint density at radius 2 is 1.84 bits per heavy atom. The van der Waals surface area contributed by atoms with Crippen LogP contribution in [0.5, 0.6) is 0 Å². The Bertz CT molecular complexity index is 1040. The third-order valence-corrected chi connectivity index (χ3v) is 9.12. The van der Waals surface area contributed by atoms with Gasteiger partial charge in [0.15, 0.2) is 0 Å². The maximum Gasteiger partial charge on any atom is 0.248 e. The molecule has 37 heavy (non-hydrogen) atoms. The smallest absolute Gasteiger partial charge is 0.248 e. The Morgan fingerprint density at radius 1 is 1.08 bits per heavy atom. The second kappa shape index (κ2) is 10.4. The van der Waals surface area contributed by atoms with Crippen LogP contribution >= 0.6 is 0 Å². The van der Waals surface area contributed by atoms with Crippen molar-refractivity contribution in [1.82, 2.24) is 20.9 Å². The summed E-state index contributed by atoms with van der Waals surface area (Å²) in [5.41, 5.74) is 1.99. The number of hydrogen-bond acceptors (Lipinski definition) is 5. The van der Waals surface area contributed by atoms with Gasteiger partial charge >= 0.3 is 0 Å². The fourth-order valence-corrected chi connectivity index (χ4v) is 7.02. The predicted octanol–water partition coefficient (Wildman–Crippen LogP) is 2.82. The molecule has 0 aromatic heterocycles. The van der Waals surface area contributed by atoms with Crippen molar-refractivity contribution in [3.8, 4) is 0 Å². The van der Waals surface area contributed by atoms with E-state index >= 15 is 0 Å². The maximum atomic E-state index is 14.3. The summed E-state index contributed by atoms with van der Waals surface area (Å²) in [5, 5.41) is 9.32. The number of nitrogens with zero attached hydrogens (tertiary/aromatic N) is 1. The Hall–Kier alpha value is -2.45. The van der Waals surface area contributed by atoms with Crippen molar-refractivity contribution in [2.24, 2.45) is 11.3 Å². The number of ether oxygens (including phenoxy) is 1. The fourth-order valence-electron chi connectivity index (χ4n) is 7.02. The molecular formula is C29H42N4O4. The van der Waals surface area contributed by atoms with Crippen LogP contribution in [0.1, 0.15) is 82.9 Å². The molecular weight excluding hydrogens is 468 g/mol. The van der Waals surface area contributed by atoms with Gasteiger partial charge in [-0.15, -0.1) is 0 Å². The first-order chi connectivity index (χ1) is 17.7. The summed E-state index contributed by atoms with van der Waals surface area (Å²) in [6, 6.07) is 6.45. The average Bonchev–Trinajstić information content (AvgIpc) is 3.10. The quantitative estimate of drug-likeness (QED) is 0.566. The number of likely N-dealkylation sites (N-methyl/N-ethyl adjacent to an activating group) is 1. The van der Waals surface area contributed by atoms with Crippen LogP contribution in [0.15, 0.2) is 24.3 Å². The average molecular weight is 511 g/mol. The van der Waals surface area contributed by atoms with Crippen LogP contribution in [0.4, 0.5) is 0 Å². The molecule has 3 N–H and O–H groups in total. The number of rotatable bonds is 5. The van der Waals surface area contributed by atoms with E-state index in [1.807, 2.05) is 26.0 Å². The molecule has 1 saturated carbocycles. The van der Waals surface area contributed by atoms with Crippen LogP contribution in [0.2, 0.25) is 0 Å². The summed E-state index contributed by atoms with van der Waals surface area (Å²) in [5.74, 6) is -0.616. The molecule has 3 unspecified atom stereocenters. The molecule has 3 fully saturated rings. The predicted molar refractivity (Wildman–Crippen MR) is 140 cm³/mol. The summed E-state index contributed by atoms with van der Waals surface area (Å²) in [6.07, 6.45) is 6.69. The van der Waals surface area contributed by atoms with E-state index in [0.29, 0.717) is 6.42 Å². The molecule has 1 aromatic carbocycles. The van der Waals surface area contributed by atoms with Crippen molar-refractivity contribution in [3.63, 3.8) is 0 Å². The molecule has 8 heteroatoms. The second-order valence-corrected chi connectivity index (χ2v) is 12.1. The first-order valence-electron chi connectivity index (χ1n) is 14.0. The minimum Gasteiger partial charge on any atom is -0.355 e.